The Balaban J connectivity index is 1.48. The van der Waals surface area contributed by atoms with Crippen LogP contribution in [0, 0.1) is 5.92 Å². The maximum Gasteiger partial charge on any atom is 0.119 e. The Morgan fingerprint density at radius 1 is 1.09 bits per heavy atom. The number of benzene rings is 2. The van der Waals surface area contributed by atoms with Gasteiger partial charge in [0.25, 0.3) is 0 Å². The molecule has 2 aromatic rings. The van der Waals surface area contributed by atoms with Crippen LogP contribution in [0.25, 0.3) is 0 Å². The predicted molar refractivity (Wildman–Crippen MR) is 95.9 cm³/mol. The molecule has 0 radical (unpaired) electrons. The molecule has 2 heteroatoms. The molecular weight excluding hydrogens is 282 g/mol. The molecule has 1 aliphatic heterocycles. The van der Waals surface area contributed by atoms with Crippen molar-refractivity contribution in [2.45, 2.75) is 32.7 Å². The van der Waals surface area contributed by atoms with Crippen molar-refractivity contribution < 1.29 is 4.74 Å². The van der Waals surface area contributed by atoms with Crippen LogP contribution in [-0.4, -0.2) is 24.6 Å². The first kappa shape index (κ1) is 16.1. The summed E-state index contributed by atoms with van der Waals surface area (Å²) in [5, 5.41) is 0. The topological polar surface area (TPSA) is 12.5 Å². The van der Waals surface area contributed by atoms with E-state index in [1.54, 1.807) is 0 Å². The zero-order chi connectivity index (χ0) is 16.1. The molecule has 1 fully saturated rings. The van der Waals surface area contributed by atoms with Crippen molar-refractivity contribution in [3.8, 4) is 5.75 Å². The van der Waals surface area contributed by atoms with Crippen molar-refractivity contribution in [3.63, 3.8) is 0 Å². The van der Waals surface area contributed by atoms with E-state index in [9.17, 15) is 0 Å². The maximum absolute atomic E-state index is 6.05. The molecule has 0 N–H and O–H groups in total. The summed E-state index contributed by atoms with van der Waals surface area (Å²) in [6, 6.07) is 19.3. The van der Waals surface area contributed by atoms with Gasteiger partial charge in [-0.05, 0) is 42.1 Å². The molecule has 1 atom stereocenters. The highest BCUT2D eigenvalue weighted by molar-refractivity contribution is 5.30. The summed E-state index contributed by atoms with van der Waals surface area (Å²) in [4.78, 5) is 2.54. The van der Waals surface area contributed by atoms with Crippen molar-refractivity contribution in [2.24, 2.45) is 5.92 Å². The summed E-state index contributed by atoms with van der Waals surface area (Å²) in [7, 11) is 0. The molecule has 2 aromatic carbocycles. The van der Waals surface area contributed by atoms with Crippen LogP contribution in [0.15, 0.2) is 54.6 Å². The van der Waals surface area contributed by atoms with Crippen molar-refractivity contribution >= 4 is 0 Å². The number of ether oxygens (including phenoxy) is 1. The average Bonchev–Trinajstić information content (AvgIpc) is 3.01. The second-order valence-corrected chi connectivity index (χ2v) is 6.91. The highest BCUT2D eigenvalue weighted by atomic mass is 16.5. The molecule has 0 aliphatic carbocycles. The van der Waals surface area contributed by atoms with Gasteiger partial charge in [-0.25, -0.2) is 0 Å². The number of nitrogens with zero attached hydrogens (tertiary/aromatic N) is 1. The standard InChI is InChI=1S/C21H27NO/c1-17(2)20-9-6-10-21(13-20)23-16-19-11-12-22(15-19)14-18-7-4-3-5-8-18/h3-10,13,17,19H,11-12,14-16H2,1-2H3. The first-order valence-corrected chi connectivity index (χ1v) is 8.70. The van der Waals surface area contributed by atoms with Gasteiger partial charge in [0.1, 0.15) is 5.75 Å². The molecule has 2 nitrogen and oxygen atoms in total. The molecular formula is C21H27NO. The Morgan fingerprint density at radius 2 is 1.91 bits per heavy atom. The third-order valence-electron chi connectivity index (χ3n) is 4.63. The lowest BCUT2D eigenvalue weighted by Crippen LogP contribution is -2.22. The van der Waals surface area contributed by atoms with Crippen molar-refractivity contribution in [2.75, 3.05) is 19.7 Å². The first-order valence-electron chi connectivity index (χ1n) is 8.70. The lowest BCUT2D eigenvalue weighted by molar-refractivity contribution is 0.238. The van der Waals surface area contributed by atoms with E-state index in [0.29, 0.717) is 11.8 Å². The van der Waals surface area contributed by atoms with Gasteiger partial charge in [-0.3, -0.25) is 4.90 Å². The van der Waals surface area contributed by atoms with Gasteiger partial charge in [0.15, 0.2) is 0 Å². The van der Waals surface area contributed by atoms with Gasteiger partial charge in [0, 0.05) is 19.0 Å². The van der Waals surface area contributed by atoms with Gasteiger partial charge < -0.3 is 4.74 Å². The summed E-state index contributed by atoms with van der Waals surface area (Å²) < 4.78 is 6.05. The quantitative estimate of drug-likeness (QED) is 0.766. The number of rotatable bonds is 6. The van der Waals surface area contributed by atoms with Crippen LogP contribution >= 0.6 is 0 Å². The molecule has 0 aromatic heterocycles. The highest BCUT2D eigenvalue weighted by Gasteiger charge is 2.23. The molecule has 0 amide bonds. The summed E-state index contributed by atoms with van der Waals surface area (Å²) >= 11 is 0. The van der Waals surface area contributed by atoms with E-state index in [-0.39, 0.29) is 0 Å². The lowest BCUT2D eigenvalue weighted by Gasteiger charge is -2.17. The molecule has 1 heterocycles. The number of hydrogen-bond donors (Lipinski definition) is 0. The fourth-order valence-electron chi connectivity index (χ4n) is 3.21. The minimum atomic E-state index is 0.548. The van der Waals surface area contributed by atoms with Crippen LogP contribution in [-0.2, 0) is 6.54 Å². The van der Waals surface area contributed by atoms with Crippen LogP contribution in [0.2, 0.25) is 0 Å². The van der Waals surface area contributed by atoms with E-state index in [4.69, 9.17) is 4.74 Å². The fourth-order valence-corrected chi connectivity index (χ4v) is 3.21. The molecule has 1 saturated heterocycles. The minimum Gasteiger partial charge on any atom is -0.493 e. The molecule has 3 rings (SSSR count). The average molecular weight is 309 g/mol. The summed E-state index contributed by atoms with van der Waals surface area (Å²) in [5.74, 6) is 2.20. The highest BCUT2D eigenvalue weighted by Crippen LogP contribution is 2.23. The zero-order valence-corrected chi connectivity index (χ0v) is 14.2. The molecule has 1 unspecified atom stereocenters. The lowest BCUT2D eigenvalue weighted by atomic mass is 10.0. The Labute approximate surface area is 140 Å². The Hall–Kier alpha value is -1.80. The van der Waals surface area contributed by atoms with Crippen molar-refractivity contribution in [1.82, 2.24) is 4.90 Å². The van der Waals surface area contributed by atoms with Gasteiger partial charge >= 0.3 is 0 Å². The largest absolute Gasteiger partial charge is 0.493 e. The monoisotopic (exact) mass is 309 g/mol. The number of likely N-dealkylation sites (tertiary alicyclic amines) is 1. The predicted octanol–water partition coefficient (Wildman–Crippen LogP) is 4.71. The van der Waals surface area contributed by atoms with Crippen LogP contribution in [0.3, 0.4) is 0 Å². The van der Waals surface area contributed by atoms with Gasteiger partial charge in [0.2, 0.25) is 0 Å². The molecule has 122 valence electrons. The van der Waals surface area contributed by atoms with Crippen LogP contribution in [0.1, 0.15) is 37.3 Å². The molecule has 1 aliphatic rings. The van der Waals surface area contributed by atoms with E-state index in [1.807, 2.05) is 0 Å². The maximum atomic E-state index is 6.05. The van der Waals surface area contributed by atoms with E-state index >= 15 is 0 Å². The first-order chi connectivity index (χ1) is 11.2. The van der Waals surface area contributed by atoms with Crippen LogP contribution < -0.4 is 4.74 Å². The molecule has 0 bridgehead atoms. The smallest absolute Gasteiger partial charge is 0.119 e. The minimum absolute atomic E-state index is 0.548. The Kier molecular flexibility index (Phi) is 5.35. The van der Waals surface area contributed by atoms with E-state index in [0.717, 1.165) is 25.4 Å². The van der Waals surface area contributed by atoms with Gasteiger partial charge in [-0.1, -0.05) is 56.3 Å². The van der Waals surface area contributed by atoms with E-state index in [2.05, 4.69) is 73.3 Å². The van der Waals surface area contributed by atoms with Crippen LogP contribution in [0.5, 0.6) is 5.75 Å². The third-order valence-corrected chi connectivity index (χ3v) is 4.63. The van der Waals surface area contributed by atoms with E-state index < -0.39 is 0 Å². The van der Waals surface area contributed by atoms with Crippen LogP contribution in [0.4, 0.5) is 0 Å². The Morgan fingerprint density at radius 3 is 2.70 bits per heavy atom. The van der Waals surface area contributed by atoms with Gasteiger partial charge in [0.05, 0.1) is 6.61 Å². The second-order valence-electron chi connectivity index (χ2n) is 6.91. The Bertz CT molecular complexity index is 608. The SMILES string of the molecule is CC(C)c1cccc(OCC2CCN(Cc3ccccc3)C2)c1. The number of hydrogen-bond acceptors (Lipinski definition) is 2. The zero-order valence-electron chi connectivity index (χ0n) is 14.2. The second kappa shape index (κ2) is 7.65. The third kappa shape index (κ3) is 4.59. The summed E-state index contributed by atoms with van der Waals surface area (Å²) in [5.41, 5.74) is 2.75. The van der Waals surface area contributed by atoms with E-state index in [1.165, 1.54) is 24.1 Å². The summed E-state index contributed by atoms with van der Waals surface area (Å²) in [6.45, 7) is 8.63. The normalized spacial score (nSPS) is 18.5. The van der Waals surface area contributed by atoms with Gasteiger partial charge in [-0.2, -0.15) is 0 Å². The molecule has 0 saturated carbocycles. The molecule has 0 spiro atoms. The summed E-state index contributed by atoms with van der Waals surface area (Å²) in [6.07, 6.45) is 1.23. The fraction of sp³-hybridized carbons (Fsp3) is 0.429. The molecule has 23 heavy (non-hydrogen) atoms. The van der Waals surface area contributed by atoms with Gasteiger partial charge in [-0.15, -0.1) is 0 Å². The van der Waals surface area contributed by atoms with Crippen molar-refractivity contribution in [3.05, 3.63) is 65.7 Å². The van der Waals surface area contributed by atoms with Crippen molar-refractivity contribution in [1.29, 1.82) is 0 Å².